The average Bonchev–Trinajstić information content (AvgIpc) is 3.52. The Bertz CT molecular complexity index is 1550. The number of benzene rings is 4. The van der Waals surface area contributed by atoms with Crippen molar-refractivity contribution in [1.82, 2.24) is 0 Å². The van der Waals surface area contributed by atoms with Gasteiger partial charge in [0.05, 0.1) is 0 Å². The molecule has 0 atom stereocenters. The Morgan fingerprint density at radius 2 is 0.667 bits per heavy atom. The monoisotopic (exact) mass is 574 g/mol. The molecule has 0 N–H and O–H groups in total. The van der Waals surface area contributed by atoms with Gasteiger partial charge in [0, 0.05) is 11.1 Å². The summed E-state index contributed by atoms with van der Waals surface area (Å²) in [4.78, 5) is 0. The van der Waals surface area contributed by atoms with Crippen LogP contribution in [0.5, 0.6) is 0 Å². The van der Waals surface area contributed by atoms with Gasteiger partial charge < -0.3 is 0 Å². The topological polar surface area (TPSA) is 0 Å². The normalized spacial score (nSPS) is 14.3. The molecule has 0 saturated heterocycles. The molecule has 0 bridgehead atoms. The third kappa shape index (κ3) is 5.42. The van der Waals surface area contributed by atoms with Crippen molar-refractivity contribution in [3.05, 3.63) is 227 Å². The average molecular weight is 575 g/mol. The Hall–Kier alpha value is -4.42. The van der Waals surface area contributed by atoms with Gasteiger partial charge >= 0.3 is 0 Å². The molecule has 0 saturated carbocycles. The second-order valence-corrected chi connectivity index (χ2v) is 12.5. The van der Waals surface area contributed by atoms with E-state index in [0.29, 0.717) is 0 Å². The fourth-order valence-corrected chi connectivity index (χ4v) is 9.46. The summed E-state index contributed by atoms with van der Waals surface area (Å²) in [6, 6.07) is 43.3. The highest BCUT2D eigenvalue weighted by Crippen LogP contribution is 2.62. The van der Waals surface area contributed by atoms with Crippen LogP contribution in [0.4, 0.5) is 0 Å². The first kappa shape index (κ1) is 27.7. The molecule has 0 nitrogen and oxygen atoms in total. The summed E-state index contributed by atoms with van der Waals surface area (Å²) in [5.41, 5.74) is 14.3. The third-order valence-electron chi connectivity index (χ3n) is 7.41. The van der Waals surface area contributed by atoms with Crippen molar-refractivity contribution in [2.24, 2.45) is 0 Å². The van der Waals surface area contributed by atoms with E-state index in [1.807, 2.05) is 45.9 Å². The predicted molar refractivity (Wildman–Crippen MR) is 182 cm³/mol. The molecule has 2 heteroatoms. The van der Waals surface area contributed by atoms with Gasteiger partial charge in [-0.25, -0.2) is 0 Å². The van der Waals surface area contributed by atoms with E-state index < -0.39 is 9.49 Å². The van der Waals surface area contributed by atoms with Gasteiger partial charge in [-0.05, 0) is 46.6 Å². The van der Waals surface area contributed by atoms with Gasteiger partial charge in [-0.2, -0.15) is 0 Å². The zero-order valence-corrected chi connectivity index (χ0v) is 24.8. The van der Waals surface area contributed by atoms with Crippen LogP contribution in [0.2, 0.25) is 0 Å². The number of allylic oxidation sites excluding steroid dienone is 8. The Balaban J connectivity index is 1.63. The minimum absolute atomic E-state index is 0.558. The zero-order chi connectivity index (χ0) is 28.5. The summed E-state index contributed by atoms with van der Waals surface area (Å²) in [7, 11) is 3.75. The molecule has 6 rings (SSSR count). The molecule has 2 aliphatic carbocycles. The maximum absolute atomic E-state index is 3.66. The molecule has 202 valence electrons. The largest absolute Gasteiger partial charge is 0.115 e. The standard InChI is InChI=1S/C40H30S2/c1-2-10-22-33(21-9-1)39(35-25-13-5-14-26-35,36-27-15-6-16-28-36)41-42-40(37-29-17-7-18-30-37,38-31-19-8-20-32-38)34-23-11-3-4-12-24-34/h1-21,23,25-32H. The summed E-state index contributed by atoms with van der Waals surface area (Å²) in [5, 5.41) is 0. The molecule has 0 aromatic heterocycles. The minimum Gasteiger partial charge on any atom is -0.115 e. The van der Waals surface area contributed by atoms with Crippen LogP contribution in [-0.2, 0) is 9.49 Å². The Morgan fingerprint density at radius 3 is 0.976 bits per heavy atom. The summed E-state index contributed by atoms with van der Waals surface area (Å²) in [6.45, 7) is 0. The Morgan fingerprint density at radius 1 is 0.357 bits per heavy atom. The van der Waals surface area contributed by atoms with Crippen LogP contribution >= 0.6 is 21.6 Å². The molecule has 4 aromatic rings. The quantitative estimate of drug-likeness (QED) is 0.144. The molecule has 2 aliphatic rings. The van der Waals surface area contributed by atoms with Gasteiger partial charge in [-0.3, -0.25) is 0 Å². The van der Waals surface area contributed by atoms with E-state index in [0.717, 1.165) is 11.1 Å². The smallest absolute Gasteiger partial charge is 0.108 e. The molecule has 0 fully saturated rings. The van der Waals surface area contributed by atoms with Crippen molar-refractivity contribution < 1.29 is 0 Å². The van der Waals surface area contributed by atoms with Crippen molar-refractivity contribution in [3.8, 4) is 0 Å². The van der Waals surface area contributed by atoms with E-state index in [1.54, 1.807) is 0 Å². The van der Waals surface area contributed by atoms with E-state index in [1.165, 1.54) is 22.3 Å². The lowest BCUT2D eigenvalue weighted by molar-refractivity contribution is 0.893. The van der Waals surface area contributed by atoms with Crippen molar-refractivity contribution >= 4 is 21.6 Å². The van der Waals surface area contributed by atoms with Crippen LogP contribution < -0.4 is 0 Å². The summed E-state index contributed by atoms with van der Waals surface area (Å²) < 4.78 is -1.12. The molecular weight excluding hydrogens is 545 g/mol. The number of hydrogen-bond acceptors (Lipinski definition) is 2. The van der Waals surface area contributed by atoms with Gasteiger partial charge in [0.2, 0.25) is 0 Å². The third-order valence-corrected chi connectivity index (χ3v) is 11.1. The first-order valence-corrected chi connectivity index (χ1v) is 16.2. The van der Waals surface area contributed by atoms with Crippen LogP contribution in [0.15, 0.2) is 205 Å². The summed E-state index contributed by atoms with van der Waals surface area (Å²) in [6.07, 6.45) is 20.9. The van der Waals surface area contributed by atoms with Gasteiger partial charge in [0.1, 0.15) is 9.49 Å². The zero-order valence-electron chi connectivity index (χ0n) is 23.1. The number of hydrogen-bond donors (Lipinski definition) is 0. The second-order valence-electron chi connectivity index (χ2n) is 9.93. The molecule has 0 unspecified atom stereocenters. The van der Waals surface area contributed by atoms with Gasteiger partial charge in [0.15, 0.2) is 0 Å². The highest BCUT2D eigenvalue weighted by Gasteiger charge is 2.45. The molecule has 0 heterocycles. The second kappa shape index (κ2) is 13.0. The number of rotatable bonds is 9. The van der Waals surface area contributed by atoms with Crippen LogP contribution in [0.3, 0.4) is 0 Å². The van der Waals surface area contributed by atoms with Crippen LogP contribution in [0, 0.1) is 0 Å². The van der Waals surface area contributed by atoms with E-state index in [4.69, 9.17) is 0 Å². The SMILES string of the molecule is C1=CC=CC=CC=1C(SSC(C1=C=CC=CC=C1)(c1ccccc1)c1ccccc1)(c1ccccc1)c1ccccc1. The first-order chi connectivity index (χ1) is 20.8. The van der Waals surface area contributed by atoms with Crippen LogP contribution in [-0.4, -0.2) is 0 Å². The van der Waals surface area contributed by atoms with E-state index in [-0.39, 0.29) is 0 Å². The van der Waals surface area contributed by atoms with Gasteiger partial charge in [-0.1, -0.05) is 179 Å². The highest BCUT2D eigenvalue weighted by atomic mass is 33.1. The van der Waals surface area contributed by atoms with Crippen molar-refractivity contribution in [3.63, 3.8) is 0 Å². The fourth-order valence-electron chi connectivity index (χ4n) is 5.41. The molecule has 42 heavy (non-hydrogen) atoms. The van der Waals surface area contributed by atoms with Gasteiger partial charge in [-0.15, -0.1) is 11.5 Å². The lowest BCUT2D eigenvalue weighted by Crippen LogP contribution is -2.29. The molecule has 0 amide bonds. The van der Waals surface area contributed by atoms with E-state index in [2.05, 4.69) is 169 Å². The van der Waals surface area contributed by atoms with Crippen LogP contribution in [0.25, 0.3) is 0 Å². The van der Waals surface area contributed by atoms with Crippen LogP contribution in [0.1, 0.15) is 22.3 Å². The molecule has 4 aromatic carbocycles. The maximum Gasteiger partial charge on any atom is 0.108 e. The summed E-state index contributed by atoms with van der Waals surface area (Å²) in [5.74, 6) is 0. The highest BCUT2D eigenvalue weighted by molar-refractivity contribution is 8.77. The van der Waals surface area contributed by atoms with E-state index in [9.17, 15) is 0 Å². The van der Waals surface area contributed by atoms with E-state index >= 15 is 0 Å². The fraction of sp³-hybridized carbons (Fsp3) is 0.0500. The lowest BCUT2D eigenvalue weighted by atomic mass is 9.83. The molecule has 0 radical (unpaired) electrons. The molecule has 0 aliphatic heterocycles. The van der Waals surface area contributed by atoms with Crippen molar-refractivity contribution in [2.45, 2.75) is 9.49 Å². The van der Waals surface area contributed by atoms with Crippen molar-refractivity contribution in [2.75, 3.05) is 0 Å². The summed E-state index contributed by atoms with van der Waals surface area (Å²) >= 11 is 0. The van der Waals surface area contributed by atoms with Crippen molar-refractivity contribution in [1.29, 1.82) is 0 Å². The lowest BCUT2D eigenvalue weighted by Gasteiger charge is -2.40. The minimum atomic E-state index is -0.558. The maximum atomic E-state index is 3.66. The predicted octanol–water partition coefficient (Wildman–Crippen LogP) is 10.7. The Kier molecular flexibility index (Phi) is 8.61. The molecular formula is C40H30S2. The molecule has 0 spiro atoms. The first-order valence-electron chi connectivity index (χ1n) is 14.0. The Labute approximate surface area is 257 Å². The van der Waals surface area contributed by atoms with Gasteiger partial charge in [0.25, 0.3) is 0 Å².